The van der Waals surface area contributed by atoms with Crippen LogP contribution in [0, 0.1) is 13.8 Å². The van der Waals surface area contributed by atoms with Crippen molar-refractivity contribution in [1.82, 2.24) is 14.1 Å². The monoisotopic (exact) mass is 395 g/mol. The first-order valence-corrected chi connectivity index (χ1v) is 10.5. The van der Waals surface area contributed by atoms with Crippen LogP contribution in [-0.4, -0.2) is 80.4 Å². The van der Waals surface area contributed by atoms with E-state index in [1.165, 1.54) is 9.21 Å². The Hall–Kier alpha value is -2.13. The highest BCUT2D eigenvalue weighted by Crippen LogP contribution is 2.20. The summed E-state index contributed by atoms with van der Waals surface area (Å²) >= 11 is 0. The summed E-state index contributed by atoms with van der Waals surface area (Å²) < 4.78 is 31.9. The van der Waals surface area contributed by atoms with Crippen LogP contribution in [0.25, 0.3) is 0 Å². The molecule has 27 heavy (non-hydrogen) atoms. The van der Waals surface area contributed by atoms with Crippen LogP contribution < -0.4 is 0 Å². The Morgan fingerprint density at radius 3 is 2.37 bits per heavy atom. The highest BCUT2D eigenvalue weighted by atomic mass is 32.2. The molecule has 2 aliphatic heterocycles. The molecule has 1 aromatic rings. The molecule has 2 amide bonds. The van der Waals surface area contributed by atoms with Crippen molar-refractivity contribution in [3.05, 3.63) is 29.3 Å². The Morgan fingerprint density at radius 2 is 1.78 bits per heavy atom. The van der Waals surface area contributed by atoms with E-state index in [4.69, 9.17) is 4.74 Å². The molecule has 148 valence electrons. The average molecular weight is 395 g/mol. The zero-order chi connectivity index (χ0) is 19.6. The van der Waals surface area contributed by atoms with Crippen LogP contribution in [0.5, 0.6) is 0 Å². The van der Waals surface area contributed by atoms with E-state index in [9.17, 15) is 18.0 Å². The molecule has 0 unspecified atom stereocenters. The third-order valence-corrected chi connectivity index (χ3v) is 7.04. The maximum absolute atomic E-state index is 12.8. The maximum Gasteiger partial charge on any atom is 0.409 e. The molecule has 0 bridgehead atoms. The van der Waals surface area contributed by atoms with Gasteiger partial charge in [0.2, 0.25) is 15.9 Å². The van der Waals surface area contributed by atoms with Crippen molar-refractivity contribution in [2.45, 2.75) is 25.2 Å². The number of cyclic esters (lactones) is 1. The fourth-order valence-electron chi connectivity index (χ4n) is 3.22. The van der Waals surface area contributed by atoms with Crippen LogP contribution in [0.3, 0.4) is 0 Å². The minimum Gasteiger partial charge on any atom is -0.448 e. The van der Waals surface area contributed by atoms with Gasteiger partial charge in [0, 0.05) is 39.1 Å². The largest absolute Gasteiger partial charge is 0.448 e. The highest BCUT2D eigenvalue weighted by molar-refractivity contribution is 7.89. The quantitative estimate of drug-likeness (QED) is 0.742. The zero-order valence-corrected chi connectivity index (χ0v) is 16.5. The summed E-state index contributed by atoms with van der Waals surface area (Å²) in [4.78, 5) is 27.2. The first kappa shape index (κ1) is 19.6. The summed E-state index contributed by atoms with van der Waals surface area (Å²) in [5, 5.41) is 0. The predicted octanol–water partition coefficient (Wildman–Crippen LogP) is 0.979. The van der Waals surface area contributed by atoms with E-state index in [1.54, 1.807) is 17.0 Å². The lowest BCUT2D eigenvalue weighted by molar-refractivity contribution is -0.132. The molecular weight excluding hydrogens is 370 g/mol. The second-order valence-electron chi connectivity index (χ2n) is 6.88. The van der Waals surface area contributed by atoms with Crippen LogP contribution in [0.2, 0.25) is 0 Å². The second-order valence-corrected chi connectivity index (χ2v) is 8.82. The minimum absolute atomic E-state index is 0.0714. The zero-order valence-electron chi connectivity index (χ0n) is 15.7. The van der Waals surface area contributed by atoms with E-state index >= 15 is 0 Å². The summed E-state index contributed by atoms with van der Waals surface area (Å²) in [6.45, 7) is 6.29. The number of ether oxygens (including phenoxy) is 1. The number of sulfonamides is 1. The first-order valence-electron chi connectivity index (χ1n) is 9.06. The number of amides is 2. The first-order chi connectivity index (χ1) is 12.8. The van der Waals surface area contributed by atoms with Crippen LogP contribution in [0.4, 0.5) is 4.79 Å². The summed E-state index contributed by atoms with van der Waals surface area (Å²) in [6, 6.07) is 5.13. The van der Waals surface area contributed by atoms with Crippen LogP contribution in [0.15, 0.2) is 23.1 Å². The van der Waals surface area contributed by atoms with Crippen molar-refractivity contribution < 1.29 is 22.7 Å². The lowest BCUT2D eigenvalue weighted by Crippen LogP contribution is -2.50. The van der Waals surface area contributed by atoms with Crippen molar-refractivity contribution in [3.8, 4) is 0 Å². The molecule has 9 heteroatoms. The van der Waals surface area contributed by atoms with E-state index in [2.05, 4.69) is 0 Å². The smallest absolute Gasteiger partial charge is 0.409 e. The fourth-order valence-corrected chi connectivity index (χ4v) is 4.73. The summed E-state index contributed by atoms with van der Waals surface area (Å²) in [5.41, 5.74) is 1.98. The number of nitrogens with zero attached hydrogens (tertiary/aromatic N) is 3. The number of piperazine rings is 1. The molecule has 0 N–H and O–H groups in total. The number of benzene rings is 1. The Kier molecular flexibility index (Phi) is 5.71. The molecule has 0 atom stereocenters. The molecule has 0 aliphatic carbocycles. The Balaban J connectivity index is 1.55. The molecule has 2 saturated heterocycles. The van der Waals surface area contributed by atoms with Gasteiger partial charge in [0.05, 0.1) is 11.4 Å². The molecule has 8 nitrogen and oxygen atoms in total. The van der Waals surface area contributed by atoms with E-state index < -0.39 is 10.0 Å². The number of hydrogen-bond donors (Lipinski definition) is 0. The predicted molar refractivity (Wildman–Crippen MR) is 98.8 cm³/mol. The Morgan fingerprint density at radius 1 is 1.07 bits per heavy atom. The number of carbonyl (C=O) groups excluding carboxylic acids is 2. The highest BCUT2D eigenvalue weighted by Gasteiger charge is 2.31. The van der Waals surface area contributed by atoms with Crippen molar-refractivity contribution in [2.75, 3.05) is 45.9 Å². The lowest BCUT2D eigenvalue weighted by atomic mass is 10.1. The number of carbonyl (C=O) groups is 2. The van der Waals surface area contributed by atoms with Gasteiger partial charge in [0.1, 0.15) is 6.61 Å². The number of rotatable bonds is 5. The van der Waals surface area contributed by atoms with Crippen molar-refractivity contribution in [3.63, 3.8) is 0 Å². The van der Waals surface area contributed by atoms with E-state index in [1.807, 2.05) is 19.9 Å². The van der Waals surface area contributed by atoms with Gasteiger partial charge < -0.3 is 14.5 Å². The molecule has 3 rings (SSSR count). The summed E-state index contributed by atoms with van der Waals surface area (Å²) in [6.07, 6.45) is -0.161. The SMILES string of the molecule is Cc1ccc(S(=O)(=O)N2CCN(C(=O)CCN3CCOC3=O)CC2)cc1C. The molecule has 0 saturated carbocycles. The molecule has 2 aliphatic rings. The average Bonchev–Trinajstić information content (AvgIpc) is 3.07. The second kappa shape index (κ2) is 7.85. The van der Waals surface area contributed by atoms with Gasteiger partial charge in [-0.05, 0) is 37.1 Å². The maximum atomic E-state index is 12.8. The molecule has 1 aromatic carbocycles. The molecule has 0 aromatic heterocycles. The van der Waals surface area contributed by atoms with E-state index in [-0.39, 0.29) is 36.4 Å². The summed E-state index contributed by atoms with van der Waals surface area (Å²) in [7, 11) is -3.56. The minimum atomic E-state index is -3.56. The third kappa shape index (κ3) is 4.24. The number of hydrogen-bond acceptors (Lipinski definition) is 5. The Bertz CT molecular complexity index is 831. The van der Waals surface area contributed by atoms with Gasteiger partial charge in [-0.2, -0.15) is 4.31 Å². The van der Waals surface area contributed by atoms with E-state index in [0.717, 1.165) is 11.1 Å². The number of aryl methyl sites for hydroxylation is 2. The van der Waals surface area contributed by atoms with E-state index in [0.29, 0.717) is 32.8 Å². The van der Waals surface area contributed by atoms with Gasteiger partial charge in [-0.1, -0.05) is 6.07 Å². The Labute approximate surface area is 159 Å². The molecule has 2 fully saturated rings. The standard InChI is InChI=1S/C18H25N3O5S/c1-14-3-4-16(13-15(14)2)27(24,25)21-9-7-19(8-10-21)17(22)5-6-20-11-12-26-18(20)23/h3-4,13H,5-12H2,1-2H3. The normalized spacial score (nSPS) is 18.7. The van der Waals surface area contributed by atoms with Crippen molar-refractivity contribution >= 4 is 22.0 Å². The van der Waals surface area contributed by atoms with Crippen LogP contribution >= 0.6 is 0 Å². The summed E-state index contributed by atoms with van der Waals surface area (Å²) in [5.74, 6) is -0.0714. The van der Waals surface area contributed by atoms with Gasteiger partial charge in [-0.25, -0.2) is 13.2 Å². The van der Waals surface area contributed by atoms with Crippen LogP contribution in [-0.2, 0) is 19.6 Å². The topological polar surface area (TPSA) is 87.2 Å². The molecule has 2 heterocycles. The van der Waals surface area contributed by atoms with Gasteiger partial charge in [0.25, 0.3) is 0 Å². The fraction of sp³-hybridized carbons (Fsp3) is 0.556. The third-order valence-electron chi connectivity index (χ3n) is 5.15. The molecular formula is C18H25N3O5S. The van der Waals surface area contributed by atoms with Crippen molar-refractivity contribution in [2.24, 2.45) is 0 Å². The van der Waals surface area contributed by atoms with Crippen molar-refractivity contribution in [1.29, 1.82) is 0 Å². The van der Waals surface area contributed by atoms with Crippen LogP contribution in [0.1, 0.15) is 17.5 Å². The van der Waals surface area contributed by atoms with Gasteiger partial charge >= 0.3 is 6.09 Å². The van der Waals surface area contributed by atoms with Gasteiger partial charge in [0.15, 0.2) is 0 Å². The molecule has 0 radical (unpaired) electrons. The lowest BCUT2D eigenvalue weighted by Gasteiger charge is -2.34. The van der Waals surface area contributed by atoms with Gasteiger partial charge in [-0.15, -0.1) is 0 Å². The van der Waals surface area contributed by atoms with Gasteiger partial charge in [-0.3, -0.25) is 4.79 Å². The molecule has 0 spiro atoms.